The van der Waals surface area contributed by atoms with E-state index in [1.165, 1.54) is 16.7 Å². The Hall–Kier alpha value is -1.86. The molecule has 0 fully saturated rings. The van der Waals surface area contributed by atoms with Crippen LogP contribution in [0.15, 0.2) is 55.1 Å². The minimum absolute atomic E-state index is 0.782. The number of benzene rings is 2. The molecule has 2 aromatic rings. The first-order valence-electron chi connectivity index (χ1n) is 7.53. The van der Waals surface area contributed by atoms with Gasteiger partial charge in [0.25, 0.3) is 0 Å². The monoisotopic (exact) mass is 280 g/mol. The van der Waals surface area contributed by atoms with E-state index < -0.39 is 5.60 Å². The zero-order valence-corrected chi connectivity index (χ0v) is 13.0. The van der Waals surface area contributed by atoms with Crippen LogP contribution < -0.4 is 0 Å². The fourth-order valence-corrected chi connectivity index (χ4v) is 2.77. The molecule has 0 spiro atoms. The molecule has 2 rings (SSSR count). The van der Waals surface area contributed by atoms with E-state index in [2.05, 4.69) is 30.8 Å². The van der Waals surface area contributed by atoms with Crippen molar-refractivity contribution in [2.45, 2.75) is 38.7 Å². The Balaban J connectivity index is 2.06. The lowest BCUT2D eigenvalue weighted by Crippen LogP contribution is -2.18. The van der Waals surface area contributed by atoms with Gasteiger partial charge in [0.2, 0.25) is 0 Å². The molecule has 0 heterocycles. The lowest BCUT2D eigenvalue weighted by Gasteiger charge is -2.21. The second-order valence-electron chi connectivity index (χ2n) is 5.97. The maximum absolute atomic E-state index is 10.3. The van der Waals surface area contributed by atoms with Crippen molar-refractivity contribution in [2.75, 3.05) is 0 Å². The quantitative estimate of drug-likeness (QED) is 0.811. The van der Waals surface area contributed by atoms with Crippen molar-refractivity contribution < 1.29 is 5.11 Å². The van der Waals surface area contributed by atoms with Crippen LogP contribution in [0.25, 0.3) is 6.08 Å². The molecule has 21 heavy (non-hydrogen) atoms. The molecule has 0 bridgehead atoms. The van der Waals surface area contributed by atoms with Gasteiger partial charge in [-0.3, -0.25) is 0 Å². The first-order chi connectivity index (χ1) is 10.0. The predicted molar refractivity (Wildman–Crippen MR) is 90.2 cm³/mol. The summed E-state index contributed by atoms with van der Waals surface area (Å²) in [7, 11) is 0. The van der Waals surface area contributed by atoms with Crippen LogP contribution >= 0.6 is 0 Å². The molecule has 1 N–H and O–H groups in total. The third kappa shape index (κ3) is 4.05. The van der Waals surface area contributed by atoms with Gasteiger partial charge in [-0.1, -0.05) is 61.2 Å². The summed E-state index contributed by atoms with van der Waals surface area (Å²) in [5.41, 5.74) is 4.04. The van der Waals surface area contributed by atoms with Crippen molar-refractivity contribution in [1.29, 1.82) is 0 Å². The van der Waals surface area contributed by atoms with Crippen LogP contribution in [0.5, 0.6) is 0 Å². The second kappa shape index (κ2) is 6.73. The Bertz CT molecular complexity index is 605. The topological polar surface area (TPSA) is 20.2 Å². The SMILES string of the molecule is C=Cc1ccccc1CCCc1ccccc1C(C)(C)O. The van der Waals surface area contributed by atoms with Gasteiger partial charge in [-0.2, -0.15) is 0 Å². The summed E-state index contributed by atoms with van der Waals surface area (Å²) in [6.07, 6.45) is 4.99. The smallest absolute Gasteiger partial charge is 0.0843 e. The predicted octanol–water partition coefficient (Wildman–Crippen LogP) is 4.73. The van der Waals surface area contributed by atoms with Crippen molar-refractivity contribution in [2.24, 2.45) is 0 Å². The molecular weight excluding hydrogens is 256 g/mol. The molecule has 0 unspecified atom stereocenters. The first-order valence-corrected chi connectivity index (χ1v) is 7.53. The van der Waals surface area contributed by atoms with Crippen molar-refractivity contribution in [1.82, 2.24) is 0 Å². The number of aliphatic hydroxyl groups is 1. The summed E-state index contributed by atoms with van der Waals surface area (Å²) >= 11 is 0. The van der Waals surface area contributed by atoms with E-state index in [0.717, 1.165) is 24.8 Å². The third-order valence-corrected chi connectivity index (χ3v) is 3.84. The lowest BCUT2D eigenvalue weighted by molar-refractivity contribution is 0.0776. The highest BCUT2D eigenvalue weighted by molar-refractivity contribution is 5.51. The summed E-state index contributed by atoms with van der Waals surface area (Å²) in [5, 5.41) is 10.3. The van der Waals surface area contributed by atoms with Crippen molar-refractivity contribution in [3.8, 4) is 0 Å². The molecule has 0 saturated heterocycles. The summed E-state index contributed by atoms with van der Waals surface area (Å²) in [5.74, 6) is 0. The normalized spacial score (nSPS) is 11.4. The summed E-state index contributed by atoms with van der Waals surface area (Å²) in [4.78, 5) is 0. The Morgan fingerprint density at radius 3 is 2.19 bits per heavy atom. The van der Waals surface area contributed by atoms with Crippen LogP contribution in [-0.4, -0.2) is 5.11 Å². The number of aryl methyl sites for hydroxylation is 2. The Labute approximate surface area is 128 Å². The number of hydrogen-bond donors (Lipinski definition) is 1. The maximum atomic E-state index is 10.3. The van der Waals surface area contributed by atoms with E-state index in [9.17, 15) is 5.11 Å². The van der Waals surface area contributed by atoms with E-state index in [-0.39, 0.29) is 0 Å². The Kier molecular flexibility index (Phi) is 4.98. The fourth-order valence-electron chi connectivity index (χ4n) is 2.77. The number of hydrogen-bond acceptors (Lipinski definition) is 1. The van der Waals surface area contributed by atoms with E-state index in [1.807, 2.05) is 44.2 Å². The molecule has 110 valence electrons. The number of rotatable bonds is 6. The van der Waals surface area contributed by atoms with Crippen molar-refractivity contribution >= 4 is 6.08 Å². The van der Waals surface area contributed by atoms with Crippen LogP contribution in [0, 0.1) is 0 Å². The van der Waals surface area contributed by atoms with Gasteiger partial charge < -0.3 is 5.11 Å². The van der Waals surface area contributed by atoms with Gasteiger partial charge >= 0.3 is 0 Å². The third-order valence-electron chi connectivity index (χ3n) is 3.84. The molecule has 0 aliphatic rings. The van der Waals surface area contributed by atoms with E-state index in [0.29, 0.717) is 0 Å². The van der Waals surface area contributed by atoms with Crippen LogP contribution in [0.4, 0.5) is 0 Å². The highest BCUT2D eigenvalue weighted by atomic mass is 16.3. The van der Waals surface area contributed by atoms with Crippen LogP contribution in [0.2, 0.25) is 0 Å². The molecular formula is C20H24O. The molecule has 0 aromatic heterocycles. The molecule has 0 amide bonds. The summed E-state index contributed by atoms with van der Waals surface area (Å²) in [6.45, 7) is 7.56. The largest absolute Gasteiger partial charge is 0.386 e. The molecule has 1 heteroatoms. The maximum Gasteiger partial charge on any atom is 0.0843 e. The van der Waals surface area contributed by atoms with Crippen LogP contribution in [0.3, 0.4) is 0 Å². The average molecular weight is 280 g/mol. The zero-order chi connectivity index (χ0) is 15.3. The first kappa shape index (κ1) is 15.5. The van der Waals surface area contributed by atoms with Gasteiger partial charge in [0.15, 0.2) is 0 Å². The van der Waals surface area contributed by atoms with Gasteiger partial charge in [-0.05, 0) is 55.4 Å². The van der Waals surface area contributed by atoms with Crippen molar-refractivity contribution in [3.05, 3.63) is 77.4 Å². The van der Waals surface area contributed by atoms with Gasteiger partial charge in [0.05, 0.1) is 5.60 Å². The van der Waals surface area contributed by atoms with Crippen LogP contribution in [-0.2, 0) is 18.4 Å². The zero-order valence-electron chi connectivity index (χ0n) is 13.0. The standard InChI is InChI=1S/C20H24O/c1-4-16-10-5-6-11-17(16)13-9-14-18-12-7-8-15-19(18)20(2,3)21/h4-8,10-12,15,21H,1,9,13-14H2,2-3H3. The van der Waals surface area contributed by atoms with Gasteiger partial charge in [-0.15, -0.1) is 0 Å². The van der Waals surface area contributed by atoms with E-state index >= 15 is 0 Å². The average Bonchev–Trinajstić information content (AvgIpc) is 2.47. The molecule has 2 aromatic carbocycles. The molecule has 0 saturated carbocycles. The Morgan fingerprint density at radius 1 is 0.952 bits per heavy atom. The fraction of sp³-hybridized carbons (Fsp3) is 0.300. The molecule has 0 aliphatic carbocycles. The van der Waals surface area contributed by atoms with Gasteiger partial charge in [0.1, 0.15) is 0 Å². The minimum Gasteiger partial charge on any atom is -0.386 e. The van der Waals surface area contributed by atoms with Gasteiger partial charge in [0, 0.05) is 0 Å². The summed E-state index contributed by atoms with van der Waals surface area (Å²) < 4.78 is 0. The molecule has 1 nitrogen and oxygen atoms in total. The van der Waals surface area contributed by atoms with Crippen molar-refractivity contribution in [3.63, 3.8) is 0 Å². The second-order valence-corrected chi connectivity index (χ2v) is 5.97. The Morgan fingerprint density at radius 2 is 1.52 bits per heavy atom. The minimum atomic E-state index is -0.782. The van der Waals surface area contributed by atoms with E-state index in [4.69, 9.17) is 0 Å². The molecule has 0 aliphatic heterocycles. The van der Waals surface area contributed by atoms with Crippen LogP contribution in [0.1, 0.15) is 42.5 Å². The van der Waals surface area contributed by atoms with E-state index in [1.54, 1.807) is 0 Å². The van der Waals surface area contributed by atoms with Gasteiger partial charge in [-0.25, -0.2) is 0 Å². The summed E-state index contributed by atoms with van der Waals surface area (Å²) in [6, 6.07) is 16.6. The molecule has 0 atom stereocenters. The highest BCUT2D eigenvalue weighted by Gasteiger charge is 2.18. The highest BCUT2D eigenvalue weighted by Crippen LogP contribution is 2.25. The lowest BCUT2D eigenvalue weighted by atomic mass is 9.90. The molecule has 0 radical (unpaired) electrons.